The topological polar surface area (TPSA) is 76.0 Å². The molecule has 1 aromatic carbocycles. The molecule has 6 nitrogen and oxygen atoms in total. The Labute approximate surface area is 125 Å². The molecule has 2 aromatic rings. The van der Waals surface area contributed by atoms with Gasteiger partial charge in [0.05, 0.1) is 5.69 Å². The van der Waals surface area contributed by atoms with E-state index in [0.29, 0.717) is 25.2 Å². The number of aromatic nitrogens is 2. The first-order chi connectivity index (χ1) is 10.0. The SMILES string of the molecule is CCNc1ccccc1S(=O)(=O)NCCc1ccnn1C. The van der Waals surface area contributed by atoms with Crippen LogP contribution in [-0.4, -0.2) is 31.3 Å². The Kier molecular flexibility index (Phi) is 4.98. The predicted molar refractivity (Wildman–Crippen MR) is 82.7 cm³/mol. The van der Waals surface area contributed by atoms with Crippen LogP contribution in [0.2, 0.25) is 0 Å². The number of nitrogens with one attached hydrogen (secondary N) is 2. The fourth-order valence-corrected chi connectivity index (χ4v) is 3.29. The number of para-hydroxylation sites is 1. The van der Waals surface area contributed by atoms with Crippen LogP contribution in [0.15, 0.2) is 41.4 Å². The van der Waals surface area contributed by atoms with Crippen molar-refractivity contribution >= 4 is 15.7 Å². The highest BCUT2D eigenvalue weighted by Gasteiger charge is 2.17. The van der Waals surface area contributed by atoms with E-state index in [9.17, 15) is 8.42 Å². The average Bonchev–Trinajstić information content (AvgIpc) is 2.85. The number of aryl methyl sites for hydroxylation is 1. The van der Waals surface area contributed by atoms with Gasteiger partial charge in [-0.2, -0.15) is 5.10 Å². The van der Waals surface area contributed by atoms with Crippen molar-refractivity contribution < 1.29 is 8.42 Å². The van der Waals surface area contributed by atoms with Gasteiger partial charge in [-0.1, -0.05) is 12.1 Å². The van der Waals surface area contributed by atoms with Gasteiger partial charge >= 0.3 is 0 Å². The summed E-state index contributed by atoms with van der Waals surface area (Å²) in [7, 11) is -1.68. The van der Waals surface area contributed by atoms with Crippen molar-refractivity contribution in [1.29, 1.82) is 0 Å². The summed E-state index contributed by atoms with van der Waals surface area (Å²) in [4.78, 5) is 0.275. The Bertz CT molecular complexity index is 695. The maximum atomic E-state index is 12.4. The highest BCUT2D eigenvalue weighted by molar-refractivity contribution is 7.89. The maximum absolute atomic E-state index is 12.4. The van der Waals surface area contributed by atoms with E-state index in [-0.39, 0.29) is 4.90 Å². The molecule has 0 aliphatic heterocycles. The Hall–Kier alpha value is -1.86. The summed E-state index contributed by atoms with van der Waals surface area (Å²) in [5.41, 5.74) is 1.60. The zero-order chi connectivity index (χ0) is 15.3. The number of benzene rings is 1. The normalized spacial score (nSPS) is 11.5. The molecule has 1 heterocycles. The first kappa shape index (κ1) is 15.5. The molecule has 7 heteroatoms. The van der Waals surface area contributed by atoms with Gasteiger partial charge in [0.2, 0.25) is 10.0 Å². The lowest BCUT2D eigenvalue weighted by molar-refractivity contribution is 0.580. The maximum Gasteiger partial charge on any atom is 0.242 e. The quantitative estimate of drug-likeness (QED) is 0.810. The molecule has 21 heavy (non-hydrogen) atoms. The van der Waals surface area contributed by atoms with Crippen LogP contribution >= 0.6 is 0 Å². The van der Waals surface area contributed by atoms with Crippen LogP contribution in [0.5, 0.6) is 0 Å². The Morgan fingerprint density at radius 1 is 1.24 bits per heavy atom. The second kappa shape index (κ2) is 6.73. The second-order valence-corrected chi connectivity index (χ2v) is 6.36. The van der Waals surface area contributed by atoms with E-state index in [0.717, 1.165) is 5.69 Å². The lowest BCUT2D eigenvalue weighted by Gasteiger charge is -2.12. The van der Waals surface area contributed by atoms with Crippen molar-refractivity contribution in [3.63, 3.8) is 0 Å². The number of rotatable bonds is 7. The highest BCUT2D eigenvalue weighted by Crippen LogP contribution is 2.20. The molecule has 0 unspecified atom stereocenters. The number of sulfonamides is 1. The molecule has 2 N–H and O–H groups in total. The van der Waals surface area contributed by atoms with E-state index < -0.39 is 10.0 Å². The third-order valence-corrected chi connectivity index (χ3v) is 4.66. The van der Waals surface area contributed by atoms with Crippen molar-refractivity contribution in [2.75, 3.05) is 18.4 Å². The minimum atomic E-state index is -3.52. The third-order valence-electron chi connectivity index (χ3n) is 3.14. The summed E-state index contributed by atoms with van der Waals surface area (Å²) in [6.45, 7) is 2.93. The van der Waals surface area contributed by atoms with Gasteiger partial charge in [-0.25, -0.2) is 13.1 Å². The first-order valence-corrected chi connectivity index (χ1v) is 8.32. The number of hydrogen-bond acceptors (Lipinski definition) is 4. The minimum absolute atomic E-state index is 0.275. The molecule has 0 fully saturated rings. The van der Waals surface area contributed by atoms with Crippen molar-refractivity contribution in [3.05, 3.63) is 42.2 Å². The van der Waals surface area contributed by atoms with Gasteiger partial charge in [0.1, 0.15) is 4.90 Å². The van der Waals surface area contributed by atoms with Gasteiger partial charge < -0.3 is 5.32 Å². The smallest absolute Gasteiger partial charge is 0.242 e. The molecule has 0 saturated carbocycles. The highest BCUT2D eigenvalue weighted by atomic mass is 32.2. The fraction of sp³-hybridized carbons (Fsp3) is 0.357. The van der Waals surface area contributed by atoms with E-state index in [2.05, 4.69) is 15.1 Å². The van der Waals surface area contributed by atoms with Gasteiger partial charge in [-0.15, -0.1) is 0 Å². The summed E-state index contributed by atoms with van der Waals surface area (Å²) in [5.74, 6) is 0. The van der Waals surface area contributed by atoms with E-state index >= 15 is 0 Å². The van der Waals surface area contributed by atoms with Gasteiger partial charge in [0.25, 0.3) is 0 Å². The number of hydrogen-bond donors (Lipinski definition) is 2. The molecular weight excluding hydrogens is 288 g/mol. The van der Waals surface area contributed by atoms with Gasteiger partial charge in [0, 0.05) is 38.4 Å². The zero-order valence-electron chi connectivity index (χ0n) is 12.2. The molecule has 0 amide bonds. The molecule has 2 rings (SSSR count). The Morgan fingerprint density at radius 2 is 2.00 bits per heavy atom. The number of anilines is 1. The molecule has 0 saturated heterocycles. The average molecular weight is 308 g/mol. The first-order valence-electron chi connectivity index (χ1n) is 6.84. The summed E-state index contributed by atoms with van der Waals surface area (Å²) in [6.07, 6.45) is 2.30. The standard InChI is InChI=1S/C14H20N4O2S/c1-3-15-13-6-4-5-7-14(13)21(19,20)17-11-9-12-8-10-16-18(12)2/h4-8,10,15,17H,3,9,11H2,1-2H3. The van der Waals surface area contributed by atoms with Gasteiger partial charge in [-0.3, -0.25) is 4.68 Å². The van der Waals surface area contributed by atoms with Crippen LogP contribution in [0, 0.1) is 0 Å². The summed E-state index contributed by atoms with van der Waals surface area (Å²) in [6, 6.07) is 8.77. The van der Waals surface area contributed by atoms with Crippen LogP contribution in [0.1, 0.15) is 12.6 Å². The molecule has 0 bridgehead atoms. The largest absolute Gasteiger partial charge is 0.384 e. The molecule has 0 aliphatic rings. The van der Waals surface area contributed by atoms with Crippen LogP contribution in [0.3, 0.4) is 0 Å². The third kappa shape index (κ3) is 3.83. The predicted octanol–water partition coefficient (Wildman–Crippen LogP) is 1.37. The summed E-state index contributed by atoms with van der Waals surface area (Å²) in [5, 5.41) is 7.12. The van der Waals surface area contributed by atoms with Gasteiger partial charge in [0.15, 0.2) is 0 Å². The zero-order valence-corrected chi connectivity index (χ0v) is 13.0. The molecule has 0 radical (unpaired) electrons. The molecule has 114 valence electrons. The lowest BCUT2D eigenvalue weighted by Crippen LogP contribution is -2.27. The molecular formula is C14H20N4O2S. The van der Waals surface area contributed by atoms with Crippen molar-refractivity contribution in [1.82, 2.24) is 14.5 Å². The molecule has 0 atom stereocenters. The van der Waals surface area contributed by atoms with E-state index in [1.807, 2.05) is 26.1 Å². The van der Waals surface area contributed by atoms with Crippen LogP contribution in [-0.2, 0) is 23.5 Å². The Morgan fingerprint density at radius 3 is 2.67 bits per heavy atom. The van der Waals surface area contributed by atoms with E-state index in [1.165, 1.54) is 0 Å². The Balaban J connectivity index is 2.07. The van der Waals surface area contributed by atoms with E-state index in [1.54, 1.807) is 29.1 Å². The second-order valence-electron chi connectivity index (χ2n) is 4.62. The number of nitrogens with zero attached hydrogens (tertiary/aromatic N) is 2. The van der Waals surface area contributed by atoms with Crippen molar-refractivity contribution in [2.24, 2.45) is 7.05 Å². The fourth-order valence-electron chi connectivity index (χ4n) is 2.08. The van der Waals surface area contributed by atoms with E-state index in [4.69, 9.17) is 0 Å². The minimum Gasteiger partial charge on any atom is -0.384 e. The van der Waals surface area contributed by atoms with Crippen LogP contribution in [0.4, 0.5) is 5.69 Å². The lowest BCUT2D eigenvalue weighted by atomic mass is 10.3. The van der Waals surface area contributed by atoms with Gasteiger partial charge in [-0.05, 0) is 25.1 Å². The summed E-state index contributed by atoms with van der Waals surface area (Å²) < 4.78 is 29.1. The monoisotopic (exact) mass is 308 g/mol. The van der Waals surface area contributed by atoms with Crippen LogP contribution in [0.25, 0.3) is 0 Å². The summed E-state index contributed by atoms with van der Waals surface area (Å²) >= 11 is 0. The molecule has 0 spiro atoms. The van der Waals surface area contributed by atoms with Crippen LogP contribution < -0.4 is 10.0 Å². The molecule has 1 aromatic heterocycles. The molecule has 0 aliphatic carbocycles. The van der Waals surface area contributed by atoms with Crippen molar-refractivity contribution in [2.45, 2.75) is 18.2 Å². The van der Waals surface area contributed by atoms with Crippen molar-refractivity contribution in [3.8, 4) is 0 Å².